The molecule has 1 saturated carbocycles. The van der Waals surface area contributed by atoms with Crippen LogP contribution in [0, 0.1) is 11.3 Å². The van der Waals surface area contributed by atoms with E-state index in [2.05, 4.69) is 28.4 Å². The van der Waals surface area contributed by atoms with Crippen molar-refractivity contribution >= 4 is 11.9 Å². The van der Waals surface area contributed by atoms with Gasteiger partial charge in [-0.15, -0.1) is 0 Å². The first kappa shape index (κ1) is 16.9. The van der Waals surface area contributed by atoms with Gasteiger partial charge >= 0.3 is 5.97 Å². The zero-order chi connectivity index (χ0) is 18.5. The second-order valence-electron chi connectivity index (χ2n) is 7.98. The molecule has 7 heteroatoms. The molecule has 1 amide bonds. The van der Waals surface area contributed by atoms with E-state index in [9.17, 15) is 9.59 Å². The summed E-state index contributed by atoms with van der Waals surface area (Å²) in [5, 5.41) is 0. The highest BCUT2D eigenvalue weighted by Crippen LogP contribution is 2.48. The van der Waals surface area contributed by atoms with Crippen molar-refractivity contribution in [3.05, 3.63) is 41.7 Å². The lowest BCUT2D eigenvalue weighted by Crippen LogP contribution is -2.58. The van der Waals surface area contributed by atoms with Crippen molar-refractivity contribution in [3.8, 4) is 0 Å². The van der Waals surface area contributed by atoms with Crippen LogP contribution in [0.25, 0.3) is 0 Å². The number of aromatic nitrogens is 3. The van der Waals surface area contributed by atoms with E-state index in [1.165, 1.54) is 20.0 Å². The van der Waals surface area contributed by atoms with Gasteiger partial charge in [0.25, 0.3) is 5.91 Å². The lowest BCUT2D eigenvalue weighted by atomic mass is 9.74. The first-order chi connectivity index (χ1) is 12.4. The Kier molecular flexibility index (Phi) is 3.89. The summed E-state index contributed by atoms with van der Waals surface area (Å²) >= 11 is 0. The lowest BCUT2D eigenvalue weighted by Gasteiger charge is -2.53. The quantitative estimate of drug-likeness (QED) is 0.835. The Balaban J connectivity index is 1.58. The fourth-order valence-corrected chi connectivity index (χ4v) is 3.81. The van der Waals surface area contributed by atoms with Gasteiger partial charge in [0.15, 0.2) is 0 Å². The van der Waals surface area contributed by atoms with Gasteiger partial charge in [0.1, 0.15) is 17.2 Å². The van der Waals surface area contributed by atoms with Crippen molar-refractivity contribution in [1.29, 1.82) is 0 Å². The number of nitrogens with zero attached hydrogens (tertiary/aromatic N) is 3. The Morgan fingerprint density at radius 3 is 2.69 bits per heavy atom. The Bertz CT molecular complexity index is 847. The predicted octanol–water partition coefficient (Wildman–Crippen LogP) is 2.63. The average molecular weight is 356 g/mol. The van der Waals surface area contributed by atoms with E-state index in [-0.39, 0.29) is 23.1 Å². The van der Waals surface area contributed by atoms with Gasteiger partial charge in [0.2, 0.25) is 0 Å². The fraction of sp³-hybridized carbons (Fsp3) is 0.526. The fourth-order valence-electron chi connectivity index (χ4n) is 3.81. The number of imidazole rings is 1. The first-order valence-corrected chi connectivity index (χ1v) is 9.00. The summed E-state index contributed by atoms with van der Waals surface area (Å²) in [5.41, 5.74) is 0.633. The van der Waals surface area contributed by atoms with Crippen LogP contribution in [0.3, 0.4) is 0 Å². The number of amides is 1. The van der Waals surface area contributed by atoms with E-state index in [1.54, 1.807) is 12.1 Å². The molecular weight excluding hydrogens is 332 g/mol. The van der Waals surface area contributed by atoms with E-state index >= 15 is 0 Å². The lowest BCUT2D eigenvalue weighted by molar-refractivity contribution is -0.0383. The second-order valence-corrected chi connectivity index (χ2v) is 7.98. The van der Waals surface area contributed by atoms with E-state index in [0.717, 1.165) is 18.3 Å². The number of hydrogen-bond acceptors (Lipinski definition) is 4. The largest absolute Gasteiger partial charge is 0.464 e. The number of ether oxygens (including phenoxy) is 1. The minimum absolute atomic E-state index is 0.0416. The minimum Gasteiger partial charge on any atom is -0.464 e. The molecule has 1 saturated heterocycles. The number of likely N-dealkylation sites (tertiary alicyclic amines) is 1. The predicted molar refractivity (Wildman–Crippen MR) is 94.6 cm³/mol. The zero-order valence-corrected chi connectivity index (χ0v) is 15.4. The van der Waals surface area contributed by atoms with Gasteiger partial charge in [-0.05, 0) is 30.9 Å². The van der Waals surface area contributed by atoms with Gasteiger partial charge < -0.3 is 19.2 Å². The van der Waals surface area contributed by atoms with Gasteiger partial charge in [-0.1, -0.05) is 13.8 Å². The summed E-state index contributed by atoms with van der Waals surface area (Å²) < 4.78 is 6.89. The van der Waals surface area contributed by atoms with Gasteiger partial charge in [-0.2, -0.15) is 0 Å². The normalized spacial score (nSPS) is 21.3. The molecule has 1 aliphatic carbocycles. The number of aromatic amines is 1. The van der Waals surface area contributed by atoms with E-state index in [4.69, 9.17) is 4.74 Å². The van der Waals surface area contributed by atoms with Crippen LogP contribution in [0.15, 0.2) is 24.5 Å². The number of hydrogen-bond donors (Lipinski definition) is 1. The van der Waals surface area contributed by atoms with Crippen molar-refractivity contribution in [2.24, 2.45) is 11.3 Å². The summed E-state index contributed by atoms with van der Waals surface area (Å²) in [7, 11) is 1.32. The SMILES string of the molecule is COC(=O)c1ccc(C(=O)N2CC(C)(C)C2c2nccn2CC2CC2)[nH]1. The van der Waals surface area contributed by atoms with Crippen LogP contribution in [0.4, 0.5) is 0 Å². The monoisotopic (exact) mass is 356 g/mol. The molecule has 138 valence electrons. The molecule has 4 rings (SSSR count). The van der Waals surface area contributed by atoms with Crippen LogP contribution in [-0.4, -0.2) is 45.0 Å². The molecule has 0 radical (unpaired) electrons. The second kappa shape index (κ2) is 6.00. The molecule has 1 unspecified atom stereocenters. The van der Waals surface area contributed by atoms with Crippen LogP contribution in [-0.2, 0) is 11.3 Å². The number of carbonyl (C=O) groups excluding carboxylic acids is 2. The maximum Gasteiger partial charge on any atom is 0.354 e. The van der Waals surface area contributed by atoms with Gasteiger partial charge in [-0.25, -0.2) is 9.78 Å². The molecule has 2 fully saturated rings. The molecule has 2 aromatic heterocycles. The summed E-state index contributed by atoms with van der Waals surface area (Å²) in [6.07, 6.45) is 6.37. The van der Waals surface area contributed by atoms with Crippen molar-refractivity contribution in [2.45, 2.75) is 39.3 Å². The molecule has 26 heavy (non-hydrogen) atoms. The Labute approximate surface area is 152 Å². The van der Waals surface area contributed by atoms with Gasteiger partial charge in [0, 0.05) is 30.9 Å². The molecular formula is C19H24N4O3. The van der Waals surface area contributed by atoms with Crippen molar-refractivity contribution in [3.63, 3.8) is 0 Å². The van der Waals surface area contributed by atoms with E-state index < -0.39 is 5.97 Å². The molecule has 0 aromatic carbocycles. The third-order valence-corrected chi connectivity index (χ3v) is 5.36. The molecule has 0 bridgehead atoms. The van der Waals surface area contributed by atoms with Crippen LogP contribution < -0.4 is 0 Å². The molecule has 2 aliphatic rings. The van der Waals surface area contributed by atoms with Crippen LogP contribution in [0.1, 0.15) is 59.5 Å². The number of methoxy groups -OCH3 is 1. The van der Waals surface area contributed by atoms with Crippen LogP contribution >= 0.6 is 0 Å². The minimum atomic E-state index is -0.482. The van der Waals surface area contributed by atoms with Crippen molar-refractivity contribution in [1.82, 2.24) is 19.4 Å². The first-order valence-electron chi connectivity index (χ1n) is 9.00. The highest BCUT2D eigenvalue weighted by molar-refractivity contribution is 5.96. The molecule has 1 N–H and O–H groups in total. The highest BCUT2D eigenvalue weighted by Gasteiger charge is 2.51. The van der Waals surface area contributed by atoms with Gasteiger partial charge in [0.05, 0.1) is 13.2 Å². The highest BCUT2D eigenvalue weighted by atomic mass is 16.5. The third kappa shape index (κ3) is 2.81. The number of rotatable bonds is 5. The standard InChI is InChI=1S/C19H24N4O3/c1-19(2)11-23(17(24)13-6-7-14(21-13)18(25)26-3)15(19)16-20-8-9-22(16)10-12-4-5-12/h6-9,12,15,21H,4-5,10-11H2,1-3H3. The smallest absolute Gasteiger partial charge is 0.354 e. The summed E-state index contributed by atoms with van der Waals surface area (Å²) in [4.78, 5) is 33.9. The molecule has 7 nitrogen and oxygen atoms in total. The summed E-state index contributed by atoms with van der Waals surface area (Å²) in [5.74, 6) is 1.08. The molecule has 0 spiro atoms. The molecule has 3 heterocycles. The van der Waals surface area contributed by atoms with Crippen LogP contribution in [0.2, 0.25) is 0 Å². The Morgan fingerprint density at radius 1 is 1.31 bits per heavy atom. The average Bonchev–Trinajstić information content (AvgIpc) is 3.09. The molecule has 2 aromatic rings. The van der Waals surface area contributed by atoms with E-state index in [1.807, 2.05) is 17.3 Å². The Hall–Kier alpha value is -2.57. The Morgan fingerprint density at radius 2 is 2.04 bits per heavy atom. The van der Waals surface area contributed by atoms with Gasteiger partial charge in [-0.3, -0.25) is 4.79 Å². The summed E-state index contributed by atoms with van der Waals surface area (Å²) in [6.45, 7) is 5.94. The number of carbonyl (C=O) groups is 2. The molecule has 1 aliphatic heterocycles. The number of nitrogens with one attached hydrogen (secondary N) is 1. The third-order valence-electron chi connectivity index (χ3n) is 5.36. The van der Waals surface area contributed by atoms with Crippen LogP contribution in [0.5, 0.6) is 0 Å². The molecule has 1 atom stereocenters. The topological polar surface area (TPSA) is 80.2 Å². The number of H-pyrrole nitrogens is 1. The number of esters is 1. The van der Waals surface area contributed by atoms with Crippen molar-refractivity contribution < 1.29 is 14.3 Å². The zero-order valence-electron chi connectivity index (χ0n) is 15.4. The van der Waals surface area contributed by atoms with Crippen molar-refractivity contribution in [2.75, 3.05) is 13.7 Å². The summed E-state index contributed by atoms with van der Waals surface area (Å²) in [6, 6.07) is 3.13. The maximum absolute atomic E-state index is 13.0. The maximum atomic E-state index is 13.0. The van der Waals surface area contributed by atoms with E-state index in [0.29, 0.717) is 12.2 Å².